The minimum Gasteiger partial charge on any atom is -0.496 e. The summed E-state index contributed by atoms with van der Waals surface area (Å²) in [6.07, 6.45) is 4.80. The monoisotopic (exact) mass is 471 g/mol. The zero-order valence-electron chi connectivity index (χ0n) is 18.1. The number of rotatable bonds is 11. The van der Waals surface area contributed by atoms with E-state index in [0.29, 0.717) is 30.7 Å². The van der Waals surface area contributed by atoms with Crippen molar-refractivity contribution in [3.8, 4) is 17.2 Å². The molecule has 0 radical (unpaired) electrons. The highest BCUT2D eigenvalue weighted by Crippen LogP contribution is 2.32. The van der Waals surface area contributed by atoms with Gasteiger partial charge in [-0.1, -0.05) is 18.2 Å². The molecule has 1 saturated carbocycles. The molecule has 10 nitrogen and oxygen atoms in total. The van der Waals surface area contributed by atoms with E-state index in [-0.39, 0.29) is 30.5 Å². The van der Waals surface area contributed by atoms with Gasteiger partial charge in [-0.25, -0.2) is 13.1 Å². The standard InChI is InChI=1S/C22H25N5O5S/c1-31-19-7-3-2-6-17(19)21-25-26-22(32-21)18(27-33(29,30)16-8-9-16)10-11-20(28)24-14-15-5-4-12-23-13-15/h2-7,12-13,16,18,27H,8-11,14H2,1H3,(H,24,28). The summed E-state index contributed by atoms with van der Waals surface area (Å²) < 4.78 is 39.0. The van der Waals surface area contributed by atoms with E-state index in [1.165, 1.54) is 7.11 Å². The van der Waals surface area contributed by atoms with Crippen LogP contribution < -0.4 is 14.8 Å². The second-order valence-electron chi connectivity index (χ2n) is 7.74. The molecular weight excluding hydrogens is 446 g/mol. The number of hydrogen-bond donors (Lipinski definition) is 2. The molecule has 2 aromatic heterocycles. The van der Waals surface area contributed by atoms with E-state index in [2.05, 4.69) is 25.2 Å². The number of amides is 1. The van der Waals surface area contributed by atoms with Gasteiger partial charge in [-0.15, -0.1) is 10.2 Å². The van der Waals surface area contributed by atoms with Gasteiger partial charge in [0.15, 0.2) is 0 Å². The van der Waals surface area contributed by atoms with Crippen LogP contribution in [0.1, 0.15) is 43.2 Å². The molecule has 174 valence electrons. The number of methoxy groups -OCH3 is 1. The smallest absolute Gasteiger partial charge is 0.251 e. The van der Waals surface area contributed by atoms with Crippen molar-refractivity contribution < 1.29 is 22.4 Å². The van der Waals surface area contributed by atoms with Gasteiger partial charge in [-0.05, 0) is 43.0 Å². The fourth-order valence-corrected chi connectivity index (χ4v) is 4.84. The quantitative estimate of drug-likeness (QED) is 0.435. The van der Waals surface area contributed by atoms with Crippen LogP contribution in [-0.4, -0.2) is 41.9 Å². The van der Waals surface area contributed by atoms with E-state index < -0.39 is 21.3 Å². The molecule has 1 aliphatic rings. The highest BCUT2D eigenvalue weighted by atomic mass is 32.2. The third-order valence-electron chi connectivity index (χ3n) is 5.22. The molecule has 0 saturated heterocycles. The summed E-state index contributed by atoms with van der Waals surface area (Å²) in [5.74, 6) is 0.635. The lowest BCUT2D eigenvalue weighted by Crippen LogP contribution is -2.33. The Bertz CT molecular complexity index is 1190. The summed E-state index contributed by atoms with van der Waals surface area (Å²) in [5, 5.41) is 10.5. The number of benzene rings is 1. The van der Waals surface area contributed by atoms with Gasteiger partial charge < -0.3 is 14.5 Å². The van der Waals surface area contributed by atoms with Crippen molar-refractivity contribution in [2.75, 3.05) is 7.11 Å². The number of nitrogens with one attached hydrogen (secondary N) is 2. The number of carbonyl (C=O) groups is 1. The minimum absolute atomic E-state index is 0.0739. The maximum Gasteiger partial charge on any atom is 0.251 e. The van der Waals surface area contributed by atoms with Crippen molar-refractivity contribution in [3.63, 3.8) is 0 Å². The Kier molecular flexibility index (Phi) is 6.99. The van der Waals surface area contributed by atoms with Gasteiger partial charge >= 0.3 is 0 Å². The van der Waals surface area contributed by atoms with E-state index >= 15 is 0 Å². The number of para-hydroxylation sites is 1. The SMILES string of the molecule is COc1ccccc1-c1nnc(C(CCC(=O)NCc2cccnc2)NS(=O)(=O)C2CC2)o1. The Labute approximate surface area is 191 Å². The van der Waals surface area contributed by atoms with Crippen LogP contribution in [0.4, 0.5) is 0 Å². The molecule has 33 heavy (non-hydrogen) atoms. The largest absolute Gasteiger partial charge is 0.496 e. The van der Waals surface area contributed by atoms with Crippen LogP contribution in [0.15, 0.2) is 53.2 Å². The Hall–Kier alpha value is -3.31. The summed E-state index contributed by atoms with van der Waals surface area (Å²) in [7, 11) is -2.01. The van der Waals surface area contributed by atoms with Crippen LogP contribution in [0.25, 0.3) is 11.5 Å². The topological polar surface area (TPSA) is 136 Å². The predicted molar refractivity (Wildman–Crippen MR) is 119 cm³/mol. The van der Waals surface area contributed by atoms with Crippen LogP contribution in [0.5, 0.6) is 5.75 Å². The molecule has 2 heterocycles. The van der Waals surface area contributed by atoms with E-state index in [1.807, 2.05) is 18.2 Å². The molecule has 1 atom stereocenters. The first-order valence-corrected chi connectivity index (χ1v) is 12.1. The minimum atomic E-state index is -3.55. The maximum atomic E-state index is 12.6. The summed E-state index contributed by atoms with van der Waals surface area (Å²) in [4.78, 5) is 16.4. The van der Waals surface area contributed by atoms with Crippen molar-refractivity contribution >= 4 is 15.9 Å². The van der Waals surface area contributed by atoms with Crippen LogP contribution in [0, 0.1) is 0 Å². The predicted octanol–water partition coefficient (Wildman–Crippen LogP) is 2.36. The number of sulfonamides is 1. The zero-order valence-corrected chi connectivity index (χ0v) is 18.9. The molecule has 0 aliphatic heterocycles. The molecule has 1 aromatic carbocycles. The van der Waals surface area contributed by atoms with E-state index in [9.17, 15) is 13.2 Å². The highest BCUT2D eigenvalue weighted by molar-refractivity contribution is 7.90. The second-order valence-corrected chi connectivity index (χ2v) is 9.73. The number of pyridine rings is 1. The van der Waals surface area contributed by atoms with Crippen LogP contribution in [-0.2, 0) is 21.4 Å². The van der Waals surface area contributed by atoms with E-state index in [1.54, 1.807) is 30.6 Å². The number of aromatic nitrogens is 3. The molecule has 0 bridgehead atoms. The summed E-state index contributed by atoms with van der Waals surface area (Å²) in [6, 6.07) is 9.98. The third kappa shape index (κ3) is 5.93. The molecule has 1 fully saturated rings. The first-order chi connectivity index (χ1) is 16.0. The average molecular weight is 472 g/mol. The van der Waals surface area contributed by atoms with Gasteiger partial charge in [-0.2, -0.15) is 0 Å². The summed E-state index contributed by atoms with van der Waals surface area (Å²) >= 11 is 0. The molecule has 3 aromatic rings. The summed E-state index contributed by atoms with van der Waals surface area (Å²) in [5.41, 5.74) is 1.46. The first kappa shape index (κ1) is 22.9. The molecule has 1 unspecified atom stereocenters. The first-order valence-electron chi connectivity index (χ1n) is 10.6. The zero-order chi connectivity index (χ0) is 23.3. The van der Waals surface area contributed by atoms with E-state index in [0.717, 1.165) is 5.56 Å². The van der Waals surface area contributed by atoms with Crippen molar-refractivity contribution in [1.29, 1.82) is 0 Å². The number of ether oxygens (including phenoxy) is 1. The lowest BCUT2D eigenvalue weighted by atomic mass is 10.1. The van der Waals surface area contributed by atoms with E-state index in [4.69, 9.17) is 9.15 Å². The van der Waals surface area contributed by atoms with Gasteiger partial charge in [0.1, 0.15) is 11.8 Å². The molecule has 2 N–H and O–H groups in total. The van der Waals surface area contributed by atoms with Crippen molar-refractivity contribution in [2.24, 2.45) is 0 Å². The normalized spacial score (nSPS) is 14.6. The number of nitrogens with zero attached hydrogens (tertiary/aromatic N) is 3. The van der Waals surface area contributed by atoms with Crippen molar-refractivity contribution in [1.82, 2.24) is 25.2 Å². The van der Waals surface area contributed by atoms with Gasteiger partial charge in [0, 0.05) is 25.4 Å². The molecular formula is C22H25N5O5S. The molecule has 1 aliphatic carbocycles. The fourth-order valence-electron chi connectivity index (χ4n) is 3.28. The Morgan fingerprint density at radius 1 is 1.21 bits per heavy atom. The lowest BCUT2D eigenvalue weighted by Gasteiger charge is -2.15. The summed E-state index contributed by atoms with van der Waals surface area (Å²) in [6.45, 7) is 0.337. The number of hydrogen-bond acceptors (Lipinski definition) is 8. The molecule has 0 spiro atoms. The van der Waals surface area contributed by atoms with Crippen molar-refractivity contribution in [3.05, 3.63) is 60.2 Å². The molecule has 1 amide bonds. The highest BCUT2D eigenvalue weighted by Gasteiger charge is 2.38. The average Bonchev–Trinajstić information content (AvgIpc) is 3.59. The van der Waals surface area contributed by atoms with Gasteiger partial charge in [0.05, 0.1) is 17.9 Å². The lowest BCUT2D eigenvalue weighted by molar-refractivity contribution is -0.121. The van der Waals surface area contributed by atoms with Crippen LogP contribution in [0.3, 0.4) is 0 Å². The Morgan fingerprint density at radius 3 is 2.76 bits per heavy atom. The Morgan fingerprint density at radius 2 is 2.03 bits per heavy atom. The van der Waals surface area contributed by atoms with Crippen LogP contribution >= 0.6 is 0 Å². The van der Waals surface area contributed by atoms with Crippen LogP contribution in [0.2, 0.25) is 0 Å². The van der Waals surface area contributed by atoms with Crippen molar-refractivity contribution in [2.45, 2.75) is 43.5 Å². The molecule has 11 heteroatoms. The third-order valence-corrected chi connectivity index (χ3v) is 7.18. The fraction of sp³-hybridized carbons (Fsp3) is 0.364. The molecule has 4 rings (SSSR count). The van der Waals surface area contributed by atoms with Gasteiger partial charge in [-0.3, -0.25) is 9.78 Å². The number of carbonyl (C=O) groups excluding carboxylic acids is 1. The second kappa shape index (κ2) is 10.1. The van der Waals surface area contributed by atoms with Gasteiger partial charge in [0.25, 0.3) is 5.89 Å². The Balaban J connectivity index is 1.47. The van der Waals surface area contributed by atoms with Gasteiger partial charge in [0.2, 0.25) is 21.8 Å². The maximum absolute atomic E-state index is 12.6.